The predicted molar refractivity (Wildman–Crippen MR) is 166 cm³/mol. The van der Waals surface area contributed by atoms with Gasteiger partial charge in [0, 0.05) is 24.0 Å². The number of hydrogen-bond donors (Lipinski definition) is 2. The lowest BCUT2D eigenvalue weighted by Crippen LogP contribution is -2.59. The molecule has 0 spiro atoms. The van der Waals surface area contributed by atoms with E-state index in [9.17, 15) is 23.6 Å². The van der Waals surface area contributed by atoms with Crippen LogP contribution in [0.2, 0.25) is 0 Å². The van der Waals surface area contributed by atoms with Crippen LogP contribution in [0.25, 0.3) is 0 Å². The number of thioether (sulfide) groups is 1. The van der Waals surface area contributed by atoms with E-state index in [1.807, 2.05) is 13.8 Å². The summed E-state index contributed by atoms with van der Waals surface area (Å²) in [5.74, 6) is 0.488. The molecule has 1 saturated carbocycles. The maximum absolute atomic E-state index is 14.5. The van der Waals surface area contributed by atoms with Crippen molar-refractivity contribution in [2.75, 3.05) is 44.5 Å². The number of ether oxygens (including phenoxy) is 4. The number of rotatable bonds is 16. The Balaban J connectivity index is 1.42. The van der Waals surface area contributed by atoms with Gasteiger partial charge in [-0.1, -0.05) is 0 Å². The molecule has 1 heterocycles. The van der Waals surface area contributed by atoms with E-state index in [1.165, 1.54) is 23.8 Å². The fourth-order valence-electron chi connectivity index (χ4n) is 4.68. The molecule has 2 fully saturated rings. The number of aldehydes is 1. The Bertz CT molecular complexity index is 1170. The molecule has 2 N–H and O–H groups in total. The SMILES string of the molecule is COc1cc(OCCOCCCSC(C)(C)C(NC(=O)C2(F)CC2)C(=O)N2CCCC2C=O)ccc1NC(=O)OC(C)(C)C. The van der Waals surface area contributed by atoms with Crippen LogP contribution in [-0.4, -0.2) is 96.4 Å². The lowest BCUT2D eigenvalue weighted by atomic mass is 10.0. The first-order chi connectivity index (χ1) is 20.7. The number of carbonyl (C=O) groups excluding carboxylic acids is 4. The molecule has 1 aromatic carbocycles. The first kappa shape index (κ1) is 35.4. The second-order valence-corrected chi connectivity index (χ2v) is 14.3. The molecule has 246 valence electrons. The number of hydrogen-bond acceptors (Lipinski definition) is 9. The highest BCUT2D eigenvalue weighted by molar-refractivity contribution is 8.00. The topological polar surface area (TPSA) is 132 Å². The number of benzene rings is 1. The third-order valence-corrected chi connectivity index (χ3v) is 8.74. The molecule has 11 nitrogen and oxygen atoms in total. The summed E-state index contributed by atoms with van der Waals surface area (Å²) in [6.07, 6.45) is 2.45. The minimum atomic E-state index is -1.91. The van der Waals surface area contributed by atoms with Gasteiger partial charge in [0.25, 0.3) is 5.91 Å². The largest absolute Gasteiger partial charge is 0.494 e. The normalized spacial score (nSPS) is 18.2. The molecule has 0 aromatic heterocycles. The van der Waals surface area contributed by atoms with Gasteiger partial charge in [-0.3, -0.25) is 14.9 Å². The Kier molecular flexibility index (Phi) is 12.3. The van der Waals surface area contributed by atoms with Crippen molar-refractivity contribution in [2.24, 2.45) is 0 Å². The predicted octanol–water partition coefficient (Wildman–Crippen LogP) is 4.52. The summed E-state index contributed by atoms with van der Waals surface area (Å²) in [7, 11) is 1.49. The molecule has 44 heavy (non-hydrogen) atoms. The lowest BCUT2D eigenvalue weighted by Gasteiger charge is -2.37. The van der Waals surface area contributed by atoms with E-state index in [2.05, 4.69) is 10.6 Å². The van der Waals surface area contributed by atoms with Crippen LogP contribution in [0.5, 0.6) is 11.5 Å². The minimum absolute atomic E-state index is 0.152. The summed E-state index contributed by atoms with van der Waals surface area (Å²) in [6.45, 7) is 10.6. The number of anilines is 1. The van der Waals surface area contributed by atoms with Crippen molar-refractivity contribution in [1.82, 2.24) is 10.2 Å². The van der Waals surface area contributed by atoms with Crippen LogP contribution < -0.4 is 20.1 Å². The third-order valence-electron chi connectivity index (χ3n) is 7.26. The van der Waals surface area contributed by atoms with Gasteiger partial charge >= 0.3 is 6.09 Å². The van der Waals surface area contributed by atoms with Gasteiger partial charge in [-0.25, -0.2) is 9.18 Å². The quantitative estimate of drug-likeness (QED) is 0.198. The summed E-state index contributed by atoms with van der Waals surface area (Å²) in [6, 6.07) is 3.55. The van der Waals surface area contributed by atoms with Crippen molar-refractivity contribution < 1.29 is 42.5 Å². The average Bonchev–Trinajstić information content (AvgIpc) is 3.52. The minimum Gasteiger partial charge on any atom is -0.494 e. The molecule has 1 saturated heterocycles. The zero-order valence-electron chi connectivity index (χ0n) is 26.5. The fraction of sp³-hybridized carbons (Fsp3) is 0.677. The second-order valence-electron chi connectivity index (χ2n) is 12.5. The van der Waals surface area contributed by atoms with Crippen molar-refractivity contribution in [3.05, 3.63) is 18.2 Å². The highest BCUT2D eigenvalue weighted by atomic mass is 32.2. The van der Waals surface area contributed by atoms with Gasteiger partial charge in [0.05, 0.1) is 25.4 Å². The molecule has 1 aliphatic carbocycles. The lowest BCUT2D eigenvalue weighted by molar-refractivity contribution is -0.140. The van der Waals surface area contributed by atoms with Crippen molar-refractivity contribution in [3.8, 4) is 11.5 Å². The number of carbonyl (C=O) groups is 4. The van der Waals surface area contributed by atoms with Crippen molar-refractivity contribution in [2.45, 2.75) is 94.8 Å². The van der Waals surface area contributed by atoms with Gasteiger partial charge < -0.3 is 34.0 Å². The third kappa shape index (κ3) is 10.3. The van der Waals surface area contributed by atoms with E-state index in [-0.39, 0.29) is 18.7 Å². The Morgan fingerprint density at radius 2 is 1.89 bits per heavy atom. The Morgan fingerprint density at radius 1 is 1.16 bits per heavy atom. The van der Waals surface area contributed by atoms with E-state index >= 15 is 0 Å². The van der Waals surface area contributed by atoms with Crippen LogP contribution in [0.15, 0.2) is 18.2 Å². The van der Waals surface area contributed by atoms with Crippen LogP contribution in [0.1, 0.15) is 66.7 Å². The molecule has 0 bridgehead atoms. The zero-order chi connectivity index (χ0) is 32.5. The van der Waals surface area contributed by atoms with E-state index in [1.54, 1.807) is 39.0 Å². The number of nitrogens with zero attached hydrogens (tertiary/aromatic N) is 1. The van der Waals surface area contributed by atoms with Crippen LogP contribution in [0, 0.1) is 0 Å². The van der Waals surface area contributed by atoms with Gasteiger partial charge in [-0.2, -0.15) is 11.8 Å². The number of amides is 3. The van der Waals surface area contributed by atoms with Crippen LogP contribution >= 0.6 is 11.8 Å². The molecular formula is C31H46FN3O8S. The van der Waals surface area contributed by atoms with E-state index in [4.69, 9.17) is 18.9 Å². The average molecular weight is 640 g/mol. The zero-order valence-corrected chi connectivity index (χ0v) is 27.4. The van der Waals surface area contributed by atoms with E-state index in [0.717, 1.165) is 6.29 Å². The molecule has 2 unspecified atom stereocenters. The molecule has 1 aliphatic heterocycles. The Morgan fingerprint density at radius 3 is 2.52 bits per heavy atom. The Labute approximate surface area is 263 Å². The molecular weight excluding hydrogens is 593 g/mol. The molecule has 2 aliphatic rings. The number of methoxy groups -OCH3 is 1. The van der Waals surface area contributed by atoms with Gasteiger partial charge in [-0.05, 0) is 84.6 Å². The maximum atomic E-state index is 14.5. The van der Waals surface area contributed by atoms with Crippen LogP contribution in [0.3, 0.4) is 0 Å². The monoisotopic (exact) mass is 639 g/mol. The fourth-order valence-corrected chi connectivity index (χ4v) is 5.80. The molecule has 1 aromatic rings. The van der Waals surface area contributed by atoms with Gasteiger partial charge in [0.1, 0.15) is 36.0 Å². The summed E-state index contributed by atoms with van der Waals surface area (Å²) >= 11 is 1.49. The molecule has 3 rings (SSSR count). The van der Waals surface area contributed by atoms with Crippen molar-refractivity contribution in [3.63, 3.8) is 0 Å². The van der Waals surface area contributed by atoms with Gasteiger partial charge in [-0.15, -0.1) is 0 Å². The summed E-state index contributed by atoms with van der Waals surface area (Å²) in [5, 5.41) is 5.33. The number of nitrogens with one attached hydrogen (secondary N) is 2. The molecule has 3 amide bonds. The highest BCUT2D eigenvalue weighted by Crippen LogP contribution is 2.41. The summed E-state index contributed by atoms with van der Waals surface area (Å²) in [5.41, 5.74) is -2.08. The molecule has 2 atom stereocenters. The van der Waals surface area contributed by atoms with E-state index < -0.39 is 40.1 Å². The second kappa shape index (κ2) is 15.3. The van der Waals surface area contributed by atoms with E-state index in [0.29, 0.717) is 68.6 Å². The highest BCUT2D eigenvalue weighted by Gasteiger charge is 2.53. The molecule has 0 radical (unpaired) electrons. The summed E-state index contributed by atoms with van der Waals surface area (Å²) in [4.78, 5) is 51.1. The van der Waals surface area contributed by atoms with Gasteiger partial charge in [0.15, 0.2) is 5.67 Å². The smallest absolute Gasteiger partial charge is 0.412 e. The molecule has 13 heteroatoms. The summed E-state index contributed by atoms with van der Waals surface area (Å²) < 4.78 is 35.8. The van der Waals surface area contributed by atoms with Crippen LogP contribution in [-0.2, 0) is 23.9 Å². The first-order valence-corrected chi connectivity index (χ1v) is 16.0. The Hall–Kier alpha value is -3.06. The number of likely N-dealkylation sites (tertiary alicyclic amines) is 1. The number of alkyl halides is 1. The first-order valence-electron chi connectivity index (χ1n) is 15.0. The standard InChI is InChI=1S/C31H46FN3O8S/c1-29(2,3)43-28(39)33-23-11-10-22(19-24(23)40-6)42-17-16-41-15-8-18-44-30(4,5)25(34-27(38)31(32)12-13-31)26(37)35-14-7-9-21(35)20-36/h10-11,19-21,25H,7-9,12-18H2,1-6H3,(H,33,39)(H,34,38). The maximum Gasteiger partial charge on any atom is 0.412 e. The van der Waals surface area contributed by atoms with Gasteiger partial charge in [0.2, 0.25) is 5.91 Å². The van der Waals surface area contributed by atoms with Crippen molar-refractivity contribution in [1.29, 1.82) is 0 Å². The number of halogens is 1. The van der Waals surface area contributed by atoms with Crippen molar-refractivity contribution >= 4 is 41.6 Å². The van der Waals surface area contributed by atoms with Crippen LogP contribution in [0.4, 0.5) is 14.9 Å².